The van der Waals surface area contributed by atoms with Gasteiger partial charge in [-0.3, -0.25) is 4.90 Å². The minimum Gasteiger partial charge on any atom is -0.465 e. The SMILES string of the molecule is COC(=O)c1cc(-c2ccc(S(=O)(=O)N3CCN(Cc4ccccc4)CC3)cc2)c(C(F)(F)F)s1. The first kappa shape index (κ1) is 25.4. The van der Waals surface area contributed by atoms with Gasteiger partial charge < -0.3 is 4.74 Å². The van der Waals surface area contributed by atoms with E-state index in [-0.39, 0.29) is 20.9 Å². The Morgan fingerprint density at radius 3 is 2.20 bits per heavy atom. The molecule has 0 unspecified atom stereocenters. The summed E-state index contributed by atoms with van der Waals surface area (Å²) in [4.78, 5) is 12.8. The highest BCUT2D eigenvalue weighted by Crippen LogP contribution is 2.43. The van der Waals surface area contributed by atoms with E-state index in [0.29, 0.717) is 37.5 Å². The summed E-state index contributed by atoms with van der Waals surface area (Å²) in [5.41, 5.74) is 1.12. The minimum absolute atomic E-state index is 0.00902. The van der Waals surface area contributed by atoms with Crippen LogP contribution in [0.1, 0.15) is 20.1 Å². The summed E-state index contributed by atoms with van der Waals surface area (Å²) in [5.74, 6) is -0.864. The number of sulfonamides is 1. The van der Waals surface area contributed by atoms with Crippen LogP contribution in [0.25, 0.3) is 11.1 Å². The Bertz CT molecular complexity index is 1280. The van der Waals surface area contributed by atoms with Gasteiger partial charge in [0.05, 0.1) is 12.0 Å². The fourth-order valence-corrected chi connectivity index (χ4v) is 6.33. The highest BCUT2D eigenvalue weighted by Gasteiger charge is 2.37. The minimum atomic E-state index is -4.67. The fraction of sp³-hybridized carbons (Fsp3) is 0.292. The van der Waals surface area contributed by atoms with Gasteiger partial charge in [0.2, 0.25) is 10.0 Å². The van der Waals surface area contributed by atoms with E-state index < -0.39 is 27.0 Å². The number of halogens is 3. The van der Waals surface area contributed by atoms with Crippen molar-refractivity contribution < 1.29 is 31.1 Å². The molecule has 0 spiro atoms. The Hall–Kier alpha value is -2.73. The van der Waals surface area contributed by atoms with Gasteiger partial charge in [-0.2, -0.15) is 17.5 Å². The Labute approximate surface area is 205 Å². The number of carbonyl (C=O) groups is 1. The van der Waals surface area contributed by atoms with Gasteiger partial charge in [-0.1, -0.05) is 42.5 Å². The molecular formula is C24H23F3N2O4S2. The van der Waals surface area contributed by atoms with Crippen LogP contribution in [0.15, 0.2) is 65.6 Å². The molecule has 1 fully saturated rings. The molecule has 0 bridgehead atoms. The van der Waals surface area contributed by atoms with Crippen LogP contribution in [0.5, 0.6) is 0 Å². The standard InChI is InChI=1S/C24H23F3N2O4S2/c1-33-23(30)21-15-20(22(34-21)24(25,26)27)18-7-9-19(10-8-18)35(31,32)29-13-11-28(12-14-29)16-17-5-3-2-4-6-17/h2-10,15H,11-14,16H2,1H3. The van der Waals surface area contributed by atoms with Crippen molar-refractivity contribution in [3.63, 3.8) is 0 Å². The summed E-state index contributed by atoms with van der Waals surface area (Å²) in [5, 5.41) is 0. The van der Waals surface area contributed by atoms with E-state index in [1.165, 1.54) is 28.6 Å². The summed E-state index contributed by atoms with van der Waals surface area (Å²) in [6.07, 6.45) is -4.67. The van der Waals surface area contributed by atoms with Crippen molar-refractivity contribution in [1.82, 2.24) is 9.21 Å². The van der Waals surface area contributed by atoms with Gasteiger partial charge in [-0.15, -0.1) is 11.3 Å². The number of nitrogens with zero attached hydrogens (tertiary/aromatic N) is 2. The molecule has 6 nitrogen and oxygen atoms in total. The molecule has 11 heteroatoms. The summed E-state index contributed by atoms with van der Waals surface area (Å²) in [6, 6.07) is 16.3. The highest BCUT2D eigenvalue weighted by molar-refractivity contribution is 7.89. The van der Waals surface area contributed by atoms with E-state index in [0.717, 1.165) is 25.3 Å². The molecule has 0 radical (unpaired) electrons. The molecule has 1 aromatic heterocycles. The van der Waals surface area contributed by atoms with Crippen molar-refractivity contribution in [2.24, 2.45) is 0 Å². The van der Waals surface area contributed by atoms with Gasteiger partial charge in [0.1, 0.15) is 9.75 Å². The lowest BCUT2D eigenvalue weighted by molar-refractivity contribution is -0.133. The monoisotopic (exact) mass is 524 g/mol. The second kappa shape index (κ2) is 10.1. The number of alkyl halides is 3. The molecule has 4 rings (SSSR count). The first-order valence-corrected chi connectivity index (χ1v) is 13.0. The van der Waals surface area contributed by atoms with Gasteiger partial charge in [0.25, 0.3) is 0 Å². The number of piperazine rings is 1. The average Bonchev–Trinajstić information content (AvgIpc) is 3.31. The van der Waals surface area contributed by atoms with Crippen molar-refractivity contribution in [1.29, 1.82) is 0 Å². The van der Waals surface area contributed by atoms with Gasteiger partial charge in [0.15, 0.2) is 0 Å². The van der Waals surface area contributed by atoms with E-state index in [1.54, 1.807) is 0 Å². The maximum absolute atomic E-state index is 13.5. The molecule has 1 saturated heterocycles. The fourth-order valence-electron chi connectivity index (χ4n) is 3.94. The molecule has 35 heavy (non-hydrogen) atoms. The van der Waals surface area contributed by atoms with Crippen LogP contribution < -0.4 is 0 Å². The number of thiophene rings is 1. The summed E-state index contributed by atoms with van der Waals surface area (Å²) < 4.78 is 72.8. The quantitative estimate of drug-likeness (QED) is 0.437. The van der Waals surface area contributed by atoms with E-state index >= 15 is 0 Å². The third-order valence-corrected chi connectivity index (χ3v) is 8.83. The highest BCUT2D eigenvalue weighted by atomic mass is 32.2. The lowest BCUT2D eigenvalue weighted by atomic mass is 10.1. The number of methoxy groups -OCH3 is 1. The largest absolute Gasteiger partial charge is 0.465 e. The van der Waals surface area contributed by atoms with Crippen LogP contribution in [0.3, 0.4) is 0 Å². The van der Waals surface area contributed by atoms with Crippen LogP contribution in [0.4, 0.5) is 13.2 Å². The van der Waals surface area contributed by atoms with Gasteiger partial charge in [0, 0.05) is 38.3 Å². The number of ether oxygens (including phenoxy) is 1. The predicted molar refractivity (Wildman–Crippen MR) is 127 cm³/mol. The molecule has 0 saturated carbocycles. The molecule has 1 aliphatic heterocycles. The normalized spacial score (nSPS) is 15.8. The summed E-state index contributed by atoms with van der Waals surface area (Å²) in [6.45, 7) is 2.53. The molecule has 3 aromatic rings. The molecule has 2 aromatic carbocycles. The average molecular weight is 525 g/mol. The van der Waals surface area contributed by atoms with E-state index in [4.69, 9.17) is 0 Å². The summed E-state index contributed by atoms with van der Waals surface area (Å²) >= 11 is 0.296. The molecule has 0 amide bonds. The van der Waals surface area contributed by atoms with Crippen LogP contribution in [0, 0.1) is 0 Å². The third kappa shape index (κ3) is 5.58. The number of benzene rings is 2. The molecular weight excluding hydrogens is 501 g/mol. The Kier molecular flexibility index (Phi) is 7.32. The van der Waals surface area contributed by atoms with Crippen molar-refractivity contribution >= 4 is 27.3 Å². The lowest BCUT2D eigenvalue weighted by Crippen LogP contribution is -2.48. The Morgan fingerprint density at radius 1 is 1.00 bits per heavy atom. The second-order valence-electron chi connectivity index (χ2n) is 8.03. The van der Waals surface area contributed by atoms with Crippen LogP contribution >= 0.6 is 11.3 Å². The van der Waals surface area contributed by atoms with E-state index in [2.05, 4.69) is 9.64 Å². The molecule has 0 atom stereocenters. The first-order chi connectivity index (χ1) is 16.6. The first-order valence-electron chi connectivity index (χ1n) is 10.8. The smallest absolute Gasteiger partial charge is 0.426 e. The number of carbonyl (C=O) groups excluding carboxylic acids is 1. The third-order valence-electron chi connectivity index (χ3n) is 5.76. The second-order valence-corrected chi connectivity index (χ2v) is 11.0. The van der Waals surface area contributed by atoms with Gasteiger partial charge in [-0.25, -0.2) is 13.2 Å². The lowest BCUT2D eigenvalue weighted by Gasteiger charge is -2.34. The molecule has 0 N–H and O–H groups in total. The topological polar surface area (TPSA) is 66.9 Å². The van der Waals surface area contributed by atoms with Crippen LogP contribution in [0.2, 0.25) is 0 Å². The predicted octanol–water partition coefficient (Wildman–Crippen LogP) is 4.73. The van der Waals surface area contributed by atoms with Crippen LogP contribution in [-0.2, 0) is 27.5 Å². The van der Waals surface area contributed by atoms with Gasteiger partial charge in [-0.05, 0) is 29.3 Å². The summed E-state index contributed by atoms with van der Waals surface area (Å²) in [7, 11) is -2.70. The number of hydrogen-bond acceptors (Lipinski definition) is 6. The molecule has 186 valence electrons. The number of rotatable bonds is 6. The molecule has 0 aliphatic carbocycles. The Morgan fingerprint density at radius 2 is 1.63 bits per heavy atom. The zero-order valence-electron chi connectivity index (χ0n) is 18.8. The Balaban J connectivity index is 1.50. The maximum atomic E-state index is 13.5. The van der Waals surface area contributed by atoms with Gasteiger partial charge >= 0.3 is 12.1 Å². The number of hydrogen-bond donors (Lipinski definition) is 0. The van der Waals surface area contributed by atoms with E-state index in [9.17, 15) is 26.4 Å². The number of esters is 1. The van der Waals surface area contributed by atoms with Crippen molar-refractivity contribution in [2.45, 2.75) is 17.6 Å². The van der Waals surface area contributed by atoms with Crippen molar-refractivity contribution in [3.8, 4) is 11.1 Å². The zero-order valence-corrected chi connectivity index (χ0v) is 20.4. The van der Waals surface area contributed by atoms with Crippen LogP contribution in [-0.4, -0.2) is 56.9 Å². The molecule has 2 heterocycles. The van der Waals surface area contributed by atoms with Crippen molar-refractivity contribution in [3.05, 3.63) is 76.0 Å². The van der Waals surface area contributed by atoms with E-state index in [1.807, 2.05) is 30.3 Å². The maximum Gasteiger partial charge on any atom is 0.426 e. The zero-order chi connectivity index (χ0) is 25.2. The van der Waals surface area contributed by atoms with Crippen molar-refractivity contribution in [2.75, 3.05) is 33.3 Å². The molecule has 1 aliphatic rings.